The molecule has 8 heteroatoms. The molecule has 1 aromatic heterocycles. The smallest absolute Gasteiger partial charge is 0.349 e. The molecule has 1 amide bonds. The van der Waals surface area contributed by atoms with Gasteiger partial charge in [0.1, 0.15) is 18.7 Å². The van der Waals surface area contributed by atoms with Crippen molar-refractivity contribution in [2.75, 3.05) is 17.2 Å². The van der Waals surface area contributed by atoms with Crippen molar-refractivity contribution in [1.29, 1.82) is 0 Å². The molecule has 0 saturated carbocycles. The normalized spacial score (nSPS) is 12.5. The summed E-state index contributed by atoms with van der Waals surface area (Å²) in [6.07, 6.45) is -3.36. The maximum atomic E-state index is 12.9. The Morgan fingerprint density at radius 1 is 1.28 bits per heavy atom. The molecule has 25 heavy (non-hydrogen) atoms. The Hall–Kier alpha value is -2.61. The molecule has 2 rings (SSSR count). The second-order valence-corrected chi connectivity index (χ2v) is 5.39. The lowest BCUT2D eigenvalue weighted by molar-refractivity contribution is -0.138. The first-order valence-corrected chi connectivity index (χ1v) is 7.52. The van der Waals surface area contributed by atoms with E-state index in [0.717, 1.165) is 6.07 Å². The van der Waals surface area contributed by atoms with Crippen LogP contribution in [0.25, 0.3) is 0 Å². The molecule has 134 valence electrons. The summed E-state index contributed by atoms with van der Waals surface area (Å²) in [7, 11) is 0. The van der Waals surface area contributed by atoms with Gasteiger partial charge in [0, 0.05) is 11.9 Å². The first kappa shape index (κ1) is 18.7. The maximum Gasteiger partial charge on any atom is 0.416 e. The average molecular weight is 353 g/mol. The van der Waals surface area contributed by atoms with E-state index in [4.69, 9.17) is 4.74 Å². The molecule has 2 N–H and O–H groups in total. The highest BCUT2D eigenvalue weighted by Gasteiger charge is 2.32. The quantitative estimate of drug-likeness (QED) is 0.775. The molecule has 0 saturated heterocycles. The first-order valence-electron chi connectivity index (χ1n) is 7.52. The van der Waals surface area contributed by atoms with Crippen LogP contribution in [0.1, 0.15) is 18.1 Å². The number of nitrogens with one attached hydrogen (secondary N) is 2. The number of carbonyl (C=O) groups is 1. The number of amides is 1. The fraction of sp³-hybridized carbons (Fsp3) is 0.294. The summed E-state index contributed by atoms with van der Waals surface area (Å²) >= 11 is 0. The van der Waals surface area contributed by atoms with Crippen molar-refractivity contribution in [3.63, 3.8) is 0 Å². The summed E-state index contributed by atoms with van der Waals surface area (Å²) in [5.74, 6) is 0.0374. The van der Waals surface area contributed by atoms with E-state index in [1.807, 2.05) is 0 Å². The predicted octanol–water partition coefficient (Wildman–Crippen LogP) is 3.82. The molecule has 1 atom stereocenters. The lowest BCUT2D eigenvalue weighted by Crippen LogP contribution is -2.26. The fourth-order valence-electron chi connectivity index (χ4n) is 2.10. The summed E-state index contributed by atoms with van der Waals surface area (Å²) < 4.78 is 43.9. The number of carbonyl (C=O) groups excluding carboxylic acids is 1. The number of hydrogen-bond acceptors (Lipinski definition) is 4. The lowest BCUT2D eigenvalue weighted by Gasteiger charge is -2.16. The van der Waals surface area contributed by atoms with Crippen LogP contribution in [0.4, 0.5) is 24.7 Å². The second kappa shape index (κ2) is 7.98. The summed E-state index contributed by atoms with van der Waals surface area (Å²) in [5.41, 5.74) is -0.622. The molecule has 0 radical (unpaired) electrons. The van der Waals surface area contributed by atoms with Gasteiger partial charge in [-0.3, -0.25) is 4.79 Å². The van der Waals surface area contributed by atoms with Crippen molar-refractivity contribution in [3.05, 3.63) is 53.7 Å². The standard InChI is InChI=1S/C17H18F3N3O2/c1-11-6-7-13(9-14(11)17(18,19)20)23-16(24)10-25-12(2)22-15-5-3-4-8-21-15/h3-9,12H,10H2,1-2H3,(H,21,22)(H,23,24). The number of alkyl halides is 3. The van der Waals surface area contributed by atoms with Gasteiger partial charge in [-0.25, -0.2) is 4.98 Å². The monoisotopic (exact) mass is 353 g/mol. The van der Waals surface area contributed by atoms with E-state index < -0.39 is 23.9 Å². The van der Waals surface area contributed by atoms with Crippen LogP contribution in [0.3, 0.4) is 0 Å². The van der Waals surface area contributed by atoms with Gasteiger partial charge in [0.05, 0.1) is 5.56 Å². The highest BCUT2D eigenvalue weighted by atomic mass is 19.4. The molecular formula is C17H18F3N3O2. The molecule has 0 fully saturated rings. The van der Waals surface area contributed by atoms with Crippen LogP contribution in [0.5, 0.6) is 0 Å². The molecule has 0 aliphatic heterocycles. The zero-order valence-corrected chi connectivity index (χ0v) is 13.7. The third kappa shape index (κ3) is 5.75. The van der Waals surface area contributed by atoms with Crippen LogP contribution in [-0.4, -0.2) is 23.7 Å². The number of rotatable bonds is 6. The number of anilines is 2. The largest absolute Gasteiger partial charge is 0.416 e. The fourth-order valence-corrected chi connectivity index (χ4v) is 2.10. The van der Waals surface area contributed by atoms with Crippen LogP contribution in [0.2, 0.25) is 0 Å². The Morgan fingerprint density at radius 2 is 2.04 bits per heavy atom. The number of aryl methyl sites for hydroxylation is 1. The lowest BCUT2D eigenvalue weighted by atomic mass is 10.1. The van der Waals surface area contributed by atoms with Crippen molar-refractivity contribution >= 4 is 17.4 Å². The van der Waals surface area contributed by atoms with Crippen LogP contribution in [-0.2, 0) is 15.7 Å². The Kier molecular flexibility index (Phi) is 5.97. The number of nitrogens with zero attached hydrogens (tertiary/aromatic N) is 1. The van der Waals surface area contributed by atoms with Gasteiger partial charge in [0.15, 0.2) is 0 Å². The average Bonchev–Trinajstić information content (AvgIpc) is 2.55. The molecule has 0 bridgehead atoms. The van der Waals surface area contributed by atoms with E-state index in [0.29, 0.717) is 5.82 Å². The molecule has 0 aliphatic carbocycles. The third-order valence-corrected chi connectivity index (χ3v) is 3.31. The SMILES string of the molecule is Cc1ccc(NC(=O)COC(C)Nc2ccccn2)cc1C(F)(F)F. The minimum Gasteiger partial charge on any atom is -0.349 e. The molecule has 5 nitrogen and oxygen atoms in total. The van der Waals surface area contributed by atoms with Gasteiger partial charge in [0.2, 0.25) is 5.91 Å². The number of hydrogen-bond donors (Lipinski definition) is 2. The first-order chi connectivity index (χ1) is 11.8. The summed E-state index contributed by atoms with van der Waals surface area (Å²) in [4.78, 5) is 15.9. The van der Waals surface area contributed by atoms with Gasteiger partial charge >= 0.3 is 6.18 Å². The van der Waals surface area contributed by atoms with Crippen molar-refractivity contribution in [2.24, 2.45) is 0 Å². The number of pyridine rings is 1. The van der Waals surface area contributed by atoms with Gasteiger partial charge in [0.25, 0.3) is 0 Å². The maximum absolute atomic E-state index is 12.9. The number of aromatic nitrogens is 1. The Bertz CT molecular complexity index is 721. The molecule has 2 aromatic rings. The van der Waals surface area contributed by atoms with E-state index in [1.165, 1.54) is 19.1 Å². The summed E-state index contributed by atoms with van der Waals surface area (Å²) in [5, 5.41) is 5.33. The highest BCUT2D eigenvalue weighted by Crippen LogP contribution is 2.33. The number of halogens is 3. The molecule has 1 aromatic carbocycles. The van der Waals surface area contributed by atoms with Gasteiger partial charge in [-0.05, 0) is 43.7 Å². The van der Waals surface area contributed by atoms with Gasteiger partial charge in [-0.2, -0.15) is 13.2 Å². The number of ether oxygens (including phenoxy) is 1. The van der Waals surface area contributed by atoms with E-state index in [2.05, 4.69) is 15.6 Å². The third-order valence-electron chi connectivity index (χ3n) is 3.31. The van der Waals surface area contributed by atoms with Crippen LogP contribution < -0.4 is 10.6 Å². The zero-order valence-electron chi connectivity index (χ0n) is 13.7. The molecule has 1 heterocycles. The highest BCUT2D eigenvalue weighted by molar-refractivity contribution is 5.91. The molecular weight excluding hydrogens is 335 g/mol. The molecule has 0 aliphatic rings. The van der Waals surface area contributed by atoms with E-state index in [1.54, 1.807) is 31.3 Å². The van der Waals surface area contributed by atoms with Crippen molar-refractivity contribution in [1.82, 2.24) is 4.98 Å². The van der Waals surface area contributed by atoms with Gasteiger partial charge in [-0.1, -0.05) is 12.1 Å². The van der Waals surface area contributed by atoms with Crippen molar-refractivity contribution < 1.29 is 22.7 Å². The van der Waals surface area contributed by atoms with E-state index in [-0.39, 0.29) is 17.9 Å². The van der Waals surface area contributed by atoms with Crippen molar-refractivity contribution in [3.8, 4) is 0 Å². The Morgan fingerprint density at radius 3 is 2.68 bits per heavy atom. The molecule has 1 unspecified atom stereocenters. The van der Waals surface area contributed by atoms with Crippen LogP contribution in [0.15, 0.2) is 42.6 Å². The summed E-state index contributed by atoms with van der Waals surface area (Å²) in [6.45, 7) is 2.74. The van der Waals surface area contributed by atoms with Crippen LogP contribution in [0, 0.1) is 6.92 Å². The predicted molar refractivity (Wildman–Crippen MR) is 88.1 cm³/mol. The van der Waals surface area contributed by atoms with Crippen LogP contribution >= 0.6 is 0 Å². The van der Waals surface area contributed by atoms with Crippen molar-refractivity contribution in [2.45, 2.75) is 26.3 Å². The van der Waals surface area contributed by atoms with E-state index in [9.17, 15) is 18.0 Å². The second-order valence-electron chi connectivity index (χ2n) is 5.39. The Labute approximate surface area is 143 Å². The topological polar surface area (TPSA) is 63.2 Å². The molecule has 0 spiro atoms. The van der Waals surface area contributed by atoms with Gasteiger partial charge in [-0.15, -0.1) is 0 Å². The number of benzene rings is 1. The van der Waals surface area contributed by atoms with E-state index >= 15 is 0 Å². The minimum absolute atomic E-state index is 0.0665. The zero-order chi connectivity index (χ0) is 18.4. The summed E-state index contributed by atoms with van der Waals surface area (Å²) in [6, 6.07) is 8.93. The van der Waals surface area contributed by atoms with Gasteiger partial charge < -0.3 is 15.4 Å². The Balaban J connectivity index is 1.88. The minimum atomic E-state index is -4.47.